The van der Waals surface area contributed by atoms with Gasteiger partial charge in [0.2, 0.25) is 0 Å². The number of nitrogens with one attached hydrogen (secondary N) is 1. The molecule has 0 aromatic carbocycles. The van der Waals surface area contributed by atoms with Crippen molar-refractivity contribution in [2.45, 2.75) is 57.5 Å². The quantitative estimate of drug-likeness (QED) is 0.704. The van der Waals surface area contributed by atoms with E-state index in [1.165, 1.54) is 58.2 Å². The Kier molecular flexibility index (Phi) is 7.87. The zero-order chi connectivity index (χ0) is 13.4. The molecular weight excluding hydrogens is 222 g/mol. The first-order chi connectivity index (χ1) is 8.69. The second kappa shape index (κ2) is 8.89. The molecule has 1 aliphatic rings. The molecule has 2 unspecified atom stereocenters. The molecule has 108 valence electrons. The molecule has 0 aromatic rings. The minimum Gasteiger partial charge on any atom is -0.315 e. The van der Waals surface area contributed by atoms with Gasteiger partial charge in [0.15, 0.2) is 0 Å². The van der Waals surface area contributed by atoms with Gasteiger partial charge in [-0.2, -0.15) is 0 Å². The van der Waals surface area contributed by atoms with Gasteiger partial charge < -0.3 is 10.2 Å². The molecule has 1 rings (SSSR count). The van der Waals surface area contributed by atoms with Crippen molar-refractivity contribution in [1.82, 2.24) is 15.1 Å². The summed E-state index contributed by atoms with van der Waals surface area (Å²) in [5.74, 6) is 0. The molecule has 18 heavy (non-hydrogen) atoms. The molecular formula is C15H33N3. The molecule has 0 aromatic heterocycles. The first-order valence-electron chi connectivity index (χ1n) is 7.75. The van der Waals surface area contributed by atoms with Crippen LogP contribution in [0.1, 0.15) is 45.4 Å². The maximum Gasteiger partial charge on any atom is 0.0249 e. The summed E-state index contributed by atoms with van der Waals surface area (Å²) in [6.45, 7) is 5.95. The van der Waals surface area contributed by atoms with Crippen LogP contribution >= 0.6 is 0 Å². The number of hydrogen-bond acceptors (Lipinski definition) is 3. The Balaban J connectivity index is 2.48. The molecule has 0 amide bonds. The number of likely N-dealkylation sites (N-methyl/N-ethyl adjacent to an activating group) is 2. The Bertz CT molecular complexity index is 206. The third-order valence-corrected chi connectivity index (χ3v) is 4.28. The van der Waals surface area contributed by atoms with Gasteiger partial charge in [0.25, 0.3) is 0 Å². The van der Waals surface area contributed by atoms with Gasteiger partial charge in [-0.05, 0) is 60.0 Å². The van der Waals surface area contributed by atoms with Crippen LogP contribution in [0, 0.1) is 0 Å². The van der Waals surface area contributed by atoms with E-state index in [-0.39, 0.29) is 0 Å². The summed E-state index contributed by atoms with van der Waals surface area (Å²) in [5.41, 5.74) is 0. The topological polar surface area (TPSA) is 18.5 Å². The summed E-state index contributed by atoms with van der Waals surface area (Å²) in [7, 11) is 6.47. The van der Waals surface area contributed by atoms with Gasteiger partial charge in [-0.3, -0.25) is 4.90 Å². The molecule has 0 bridgehead atoms. The van der Waals surface area contributed by atoms with Crippen molar-refractivity contribution in [1.29, 1.82) is 0 Å². The number of nitrogens with zero attached hydrogens (tertiary/aromatic N) is 2. The van der Waals surface area contributed by atoms with Crippen molar-refractivity contribution in [3.05, 3.63) is 0 Å². The van der Waals surface area contributed by atoms with Crippen LogP contribution < -0.4 is 5.32 Å². The van der Waals surface area contributed by atoms with E-state index in [9.17, 15) is 0 Å². The van der Waals surface area contributed by atoms with Gasteiger partial charge >= 0.3 is 0 Å². The largest absolute Gasteiger partial charge is 0.315 e. The van der Waals surface area contributed by atoms with E-state index >= 15 is 0 Å². The highest BCUT2D eigenvalue weighted by Gasteiger charge is 2.26. The van der Waals surface area contributed by atoms with Gasteiger partial charge in [0.1, 0.15) is 0 Å². The van der Waals surface area contributed by atoms with Gasteiger partial charge in [0, 0.05) is 12.1 Å². The third-order valence-electron chi connectivity index (χ3n) is 4.28. The molecule has 2 atom stereocenters. The Hall–Kier alpha value is -0.120. The van der Waals surface area contributed by atoms with Crippen LogP contribution in [-0.4, -0.2) is 62.7 Å². The lowest BCUT2D eigenvalue weighted by molar-refractivity contribution is 0.152. The Labute approximate surface area is 114 Å². The van der Waals surface area contributed by atoms with Gasteiger partial charge in [-0.25, -0.2) is 0 Å². The van der Waals surface area contributed by atoms with Crippen molar-refractivity contribution in [2.24, 2.45) is 0 Å². The van der Waals surface area contributed by atoms with Crippen LogP contribution in [0.3, 0.4) is 0 Å². The fourth-order valence-electron chi connectivity index (χ4n) is 3.21. The highest BCUT2D eigenvalue weighted by molar-refractivity contribution is 4.85. The molecule has 3 nitrogen and oxygen atoms in total. The minimum atomic E-state index is 0.701. The number of rotatable bonds is 7. The summed E-state index contributed by atoms with van der Waals surface area (Å²) < 4.78 is 0. The van der Waals surface area contributed by atoms with Crippen molar-refractivity contribution < 1.29 is 0 Å². The SMILES string of the molecule is CCN(CCCN(C)C)C1CCCCCC1NC. The normalized spacial score (nSPS) is 25.7. The second-order valence-electron chi connectivity index (χ2n) is 5.89. The van der Waals surface area contributed by atoms with Crippen LogP contribution in [0.25, 0.3) is 0 Å². The summed E-state index contributed by atoms with van der Waals surface area (Å²) in [4.78, 5) is 4.99. The molecule has 0 saturated heterocycles. The minimum absolute atomic E-state index is 0.701. The van der Waals surface area contributed by atoms with Crippen molar-refractivity contribution in [3.8, 4) is 0 Å². The van der Waals surface area contributed by atoms with Crippen LogP contribution in [0.4, 0.5) is 0 Å². The Morgan fingerprint density at radius 3 is 2.39 bits per heavy atom. The van der Waals surface area contributed by atoms with E-state index < -0.39 is 0 Å². The smallest absolute Gasteiger partial charge is 0.0249 e. The highest BCUT2D eigenvalue weighted by atomic mass is 15.2. The third kappa shape index (κ3) is 5.25. The molecule has 0 heterocycles. The Morgan fingerprint density at radius 2 is 1.78 bits per heavy atom. The zero-order valence-corrected chi connectivity index (χ0v) is 12.9. The average Bonchev–Trinajstić information content (AvgIpc) is 2.59. The zero-order valence-electron chi connectivity index (χ0n) is 12.9. The average molecular weight is 255 g/mol. The van der Waals surface area contributed by atoms with E-state index in [0.29, 0.717) is 6.04 Å². The van der Waals surface area contributed by atoms with Gasteiger partial charge in [-0.15, -0.1) is 0 Å². The molecule has 1 fully saturated rings. The van der Waals surface area contributed by atoms with Crippen LogP contribution in [-0.2, 0) is 0 Å². The molecule has 0 spiro atoms. The maximum atomic E-state index is 3.56. The van der Waals surface area contributed by atoms with E-state index in [4.69, 9.17) is 0 Å². The van der Waals surface area contributed by atoms with Crippen molar-refractivity contribution in [2.75, 3.05) is 40.8 Å². The molecule has 1 N–H and O–H groups in total. The maximum absolute atomic E-state index is 3.56. The summed E-state index contributed by atoms with van der Waals surface area (Å²) in [6.07, 6.45) is 8.24. The standard InChI is InChI=1S/C15H33N3/c1-5-18(13-9-12-17(3)4)15-11-8-6-7-10-14(15)16-2/h14-16H,5-13H2,1-4H3. The fourth-order valence-corrected chi connectivity index (χ4v) is 3.21. The molecule has 1 aliphatic carbocycles. The molecule has 0 aliphatic heterocycles. The molecule has 1 saturated carbocycles. The van der Waals surface area contributed by atoms with Gasteiger partial charge in [-0.1, -0.05) is 26.2 Å². The van der Waals surface area contributed by atoms with Crippen molar-refractivity contribution in [3.63, 3.8) is 0 Å². The highest BCUT2D eigenvalue weighted by Crippen LogP contribution is 2.22. The Morgan fingerprint density at radius 1 is 1.06 bits per heavy atom. The monoisotopic (exact) mass is 255 g/mol. The summed E-state index contributed by atoms with van der Waals surface area (Å²) in [5, 5.41) is 3.56. The van der Waals surface area contributed by atoms with Crippen molar-refractivity contribution >= 4 is 0 Å². The predicted octanol–water partition coefficient (Wildman–Crippen LogP) is 2.18. The lowest BCUT2D eigenvalue weighted by Crippen LogP contribution is -2.49. The first-order valence-corrected chi connectivity index (χ1v) is 7.75. The summed E-state index contributed by atoms with van der Waals surface area (Å²) in [6, 6.07) is 1.46. The fraction of sp³-hybridized carbons (Fsp3) is 1.00. The van der Waals surface area contributed by atoms with E-state index in [2.05, 4.69) is 43.2 Å². The molecule has 0 radical (unpaired) electrons. The predicted molar refractivity (Wildman–Crippen MR) is 80.1 cm³/mol. The summed E-state index contributed by atoms with van der Waals surface area (Å²) >= 11 is 0. The lowest BCUT2D eigenvalue weighted by Gasteiger charge is -2.35. The van der Waals surface area contributed by atoms with Crippen LogP contribution in [0.5, 0.6) is 0 Å². The van der Waals surface area contributed by atoms with E-state index in [0.717, 1.165) is 6.04 Å². The van der Waals surface area contributed by atoms with E-state index in [1.54, 1.807) is 0 Å². The molecule has 3 heteroatoms. The first kappa shape index (κ1) is 15.9. The van der Waals surface area contributed by atoms with Gasteiger partial charge in [0.05, 0.1) is 0 Å². The van der Waals surface area contributed by atoms with Crippen LogP contribution in [0.2, 0.25) is 0 Å². The number of hydrogen-bond donors (Lipinski definition) is 1. The van der Waals surface area contributed by atoms with E-state index in [1.807, 2.05) is 0 Å². The van der Waals surface area contributed by atoms with Crippen LogP contribution in [0.15, 0.2) is 0 Å². The lowest BCUT2D eigenvalue weighted by atomic mass is 10.0. The second-order valence-corrected chi connectivity index (χ2v) is 5.89.